The number of benzene rings is 1. The van der Waals surface area contributed by atoms with Crippen molar-refractivity contribution < 1.29 is 9.47 Å². The number of ether oxygens (including phenoxy) is 2. The molecule has 118 valence electrons. The highest BCUT2D eigenvalue weighted by molar-refractivity contribution is 5.28. The third-order valence-electron chi connectivity index (χ3n) is 4.23. The van der Waals surface area contributed by atoms with E-state index in [4.69, 9.17) is 9.47 Å². The van der Waals surface area contributed by atoms with Gasteiger partial charge in [0.05, 0.1) is 19.3 Å². The smallest absolute Gasteiger partial charge is 0.118 e. The fourth-order valence-electron chi connectivity index (χ4n) is 2.95. The number of methoxy groups -OCH3 is 1. The van der Waals surface area contributed by atoms with Crippen molar-refractivity contribution in [2.45, 2.75) is 57.7 Å². The monoisotopic (exact) mass is 291 g/mol. The Morgan fingerprint density at radius 2 is 1.76 bits per heavy atom. The van der Waals surface area contributed by atoms with E-state index in [2.05, 4.69) is 24.4 Å². The first-order valence-corrected chi connectivity index (χ1v) is 8.33. The van der Waals surface area contributed by atoms with Crippen LogP contribution in [-0.2, 0) is 4.74 Å². The molecular formula is C18H29NO2. The first-order chi connectivity index (χ1) is 10.3. The second kappa shape index (κ2) is 9.06. The molecule has 1 aromatic carbocycles. The maximum Gasteiger partial charge on any atom is 0.118 e. The maximum atomic E-state index is 6.43. The zero-order chi connectivity index (χ0) is 14.9. The van der Waals surface area contributed by atoms with Gasteiger partial charge in [-0.1, -0.05) is 44.7 Å². The summed E-state index contributed by atoms with van der Waals surface area (Å²) in [5, 5.41) is 3.42. The molecule has 0 amide bonds. The summed E-state index contributed by atoms with van der Waals surface area (Å²) >= 11 is 0. The molecule has 3 nitrogen and oxygen atoms in total. The minimum Gasteiger partial charge on any atom is -0.497 e. The molecule has 0 spiro atoms. The highest BCUT2D eigenvalue weighted by atomic mass is 16.5. The van der Waals surface area contributed by atoms with E-state index >= 15 is 0 Å². The molecule has 1 atom stereocenters. The van der Waals surface area contributed by atoms with Gasteiger partial charge in [0.2, 0.25) is 0 Å². The lowest BCUT2D eigenvalue weighted by Crippen LogP contribution is -2.26. The summed E-state index contributed by atoms with van der Waals surface area (Å²) in [6.45, 7) is 3.98. The Labute approximate surface area is 129 Å². The van der Waals surface area contributed by atoms with Crippen molar-refractivity contribution >= 4 is 0 Å². The normalized spacial score (nSPS) is 18.2. The Kier molecular flexibility index (Phi) is 7.04. The lowest BCUT2D eigenvalue weighted by atomic mass is 10.1. The molecule has 21 heavy (non-hydrogen) atoms. The van der Waals surface area contributed by atoms with E-state index in [1.54, 1.807) is 7.11 Å². The van der Waals surface area contributed by atoms with Crippen LogP contribution in [-0.4, -0.2) is 26.3 Å². The average molecular weight is 291 g/mol. The predicted molar refractivity (Wildman–Crippen MR) is 86.9 cm³/mol. The molecule has 0 bridgehead atoms. The average Bonchev–Trinajstić information content (AvgIpc) is 2.80. The van der Waals surface area contributed by atoms with Crippen molar-refractivity contribution in [1.29, 1.82) is 0 Å². The zero-order valence-electron chi connectivity index (χ0n) is 13.4. The van der Waals surface area contributed by atoms with Gasteiger partial charge in [0, 0.05) is 6.54 Å². The van der Waals surface area contributed by atoms with Gasteiger partial charge in [-0.25, -0.2) is 0 Å². The number of hydrogen-bond acceptors (Lipinski definition) is 3. The molecular weight excluding hydrogens is 262 g/mol. The number of likely N-dealkylation sites (N-methyl/N-ethyl adjacent to an activating group) is 1. The van der Waals surface area contributed by atoms with Crippen LogP contribution < -0.4 is 10.1 Å². The van der Waals surface area contributed by atoms with Crippen LogP contribution in [0, 0.1) is 0 Å². The van der Waals surface area contributed by atoms with E-state index in [-0.39, 0.29) is 6.10 Å². The molecule has 2 rings (SSSR count). The summed E-state index contributed by atoms with van der Waals surface area (Å²) in [6.07, 6.45) is 8.30. The molecule has 0 saturated heterocycles. The summed E-state index contributed by atoms with van der Waals surface area (Å²) in [5.41, 5.74) is 1.24. The molecule has 1 aliphatic carbocycles. The Bertz CT molecular complexity index is 383. The lowest BCUT2D eigenvalue weighted by Gasteiger charge is -2.25. The topological polar surface area (TPSA) is 30.5 Å². The van der Waals surface area contributed by atoms with Crippen LogP contribution in [0.25, 0.3) is 0 Å². The highest BCUT2D eigenvalue weighted by Gasteiger charge is 2.19. The second-order valence-corrected chi connectivity index (χ2v) is 5.82. The highest BCUT2D eigenvalue weighted by Crippen LogP contribution is 2.27. The molecule has 1 fully saturated rings. The molecule has 0 aromatic heterocycles. The van der Waals surface area contributed by atoms with Crippen LogP contribution in [0.3, 0.4) is 0 Å². The van der Waals surface area contributed by atoms with E-state index in [9.17, 15) is 0 Å². The minimum absolute atomic E-state index is 0.138. The predicted octanol–water partition coefficient (Wildman–Crippen LogP) is 4.09. The van der Waals surface area contributed by atoms with Crippen molar-refractivity contribution in [1.82, 2.24) is 5.32 Å². The van der Waals surface area contributed by atoms with Gasteiger partial charge in [0.15, 0.2) is 0 Å². The van der Waals surface area contributed by atoms with Crippen molar-refractivity contribution in [3.8, 4) is 5.75 Å². The van der Waals surface area contributed by atoms with Gasteiger partial charge in [-0.15, -0.1) is 0 Å². The molecule has 3 heteroatoms. The van der Waals surface area contributed by atoms with Gasteiger partial charge in [-0.3, -0.25) is 0 Å². The fraction of sp³-hybridized carbons (Fsp3) is 0.667. The maximum absolute atomic E-state index is 6.43. The summed E-state index contributed by atoms with van der Waals surface area (Å²) in [4.78, 5) is 0. The summed E-state index contributed by atoms with van der Waals surface area (Å²) in [7, 11) is 1.70. The van der Waals surface area contributed by atoms with Gasteiger partial charge in [-0.05, 0) is 37.1 Å². The number of rotatable bonds is 7. The quantitative estimate of drug-likeness (QED) is 0.768. The van der Waals surface area contributed by atoms with Crippen LogP contribution in [0.5, 0.6) is 5.75 Å². The summed E-state index contributed by atoms with van der Waals surface area (Å²) in [5.74, 6) is 0.899. The Morgan fingerprint density at radius 3 is 2.33 bits per heavy atom. The van der Waals surface area contributed by atoms with Crippen LogP contribution in [0.4, 0.5) is 0 Å². The van der Waals surface area contributed by atoms with Crippen molar-refractivity contribution in [2.24, 2.45) is 0 Å². The van der Waals surface area contributed by atoms with Crippen LogP contribution in [0.2, 0.25) is 0 Å². The van der Waals surface area contributed by atoms with Gasteiger partial charge in [0.25, 0.3) is 0 Å². The van der Waals surface area contributed by atoms with Crippen LogP contribution in [0.15, 0.2) is 24.3 Å². The van der Waals surface area contributed by atoms with Crippen molar-refractivity contribution in [3.63, 3.8) is 0 Å². The molecule has 1 aromatic rings. The fourth-order valence-corrected chi connectivity index (χ4v) is 2.95. The Morgan fingerprint density at radius 1 is 1.10 bits per heavy atom. The Balaban J connectivity index is 2.01. The molecule has 0 radical (unpaired) electrons. The third-order valence-corrected chi connectivity index (χ3v) is 4.23. The minimum atomic E-state index is 0.138. The molecule has 1 unspecified atom stereocenters. The van der Waals surface area contributed by atoms with Gasteiger partial charge < -0.3 is 14.8 Å². The van der Waals surface area contributed by atoms with E-state index in [1.807, 2.05) is 12.1 Å². The lowest BCUT2D eigenvalue weighted by molar-refractivity contribution is -0.0199. The van der Waals surface area contributed by atoms with Crippen LogP contribution in [0.1, 0.15) is 57.1 Å². The summed E-state index contributed by atoms with van der Waals surface area (Å²) < 4.78 is 11.7. The SMILES string of the molecule is CCNCC(OC1CCCCCC1)c1ccc(OC)cc1. The number of hydrogen-bond donors (Lipinski definition) is 1. The first kappa shape index (κ1) is 16.3. The van der Waals surface area contributed by atoms with E-state index < -0.39 is 0 Å². The van der Waals surface area contributed by atoms with Crippen LogP contribution >= 0.6 is 0 Å². The van der Waals surface area contributed by atoms with E-state index in [1.165, 1.54) is 44.1 Å². The van der Waals surface area contributed by atoms with Gasteiger partial charge in [0.1, 0.15) is 5.75 Å². The number of nitrogens with one attached hydrogen (secondary N) is 1. The molecule has 1 saturated carbocycles. The summed E-state index contributed by atoms with van der Waals surface area (Å²) in [6, 6.07) is 8.28. The Hall–Kier alpha value is -1.06. The van der Waals surface area contributed by atoms with Crippen molar-refractivity contribution in [3.05, 3.63) is 29.8 Å². The van der Waals surface area contributed by atoms with Gasteiger partial charge >= 0.3 is 0 Å². The van der Waals surface area contributed by atoms with Crippen molar-refractivity contribution in [2.75, 3.05) is 20.2 Å². The van der Waals surface area contributed by atoms with Gasteiger partial charge in [-0.2, -0.15) is 0 Å². The zero-order valence-corrected chi connectivity index (χ0v) is 13.4. The van der Waals surface area contributed by atoms with E-state index in [0.29, 0.717) is 6.10 Å². The standard InChI is InChI=1S/C18H29NO2/c1-3-19-14-18(15-10-12-16(20-2)13-11-15)21-17-8-6-4-5-7-9-17/h10-13,17-19H,3-9,14H2,1-2H3. The second-order valence-electron chi connectivity index (χ2n) is 5.82. The van der Waals surface area contributed by atoms with E-state index in [0.717, 1.165) is 18.8 Å². The largest absolute Gasteiger partial charge is 0.497 e. The molecule has 0 heterocycles. The molecule has 1 aliphatic rings. The molecule has 1 N–H and O–H groups in total. The third kappa shape index (κ3) is 5.33. The first-order valence-electron chi connectivity index (χ1n) is 8.33. The molecule has 0 aliphatic heterocycles.